The largest absolute Gasteiger partial charge is 0.497 e. The highest BCUT2D eigenvalue weighted by molar-refractivity contribution is 8.14. The van der Waals surface area contributed by atoms with Crippen LogP contribution in [0.4, 0.5) is 11.4 Å². The predicted molar refractivity (Wildman–Crippen MR) is 133 cm³/mol. The monoisotopic (exact) mass is 489 g/mol. The van der Waals surface area contributed by atoms with Crippen LogP contribution in [-0.2, 0) is 14.6 Å². The lowest BCUT2D eigenvalue weighted by Crippen LogP contribution is -2.39. The number of aliphatic imine (C=N–C) groups is 1. The van der Waals surface area contributed by atoms with Gasteiger partial charge in [-0.15, -0.1) is 0 Å². The Morgan fingerprint density at radius 3 is 2.70 bits per heavy atom. The number of hydrogen-bond acceptors (Lipinski definition) is 8. The lowest BCUT2D eigenvalue weighted by molar-refractivity contribution is -0.113. The summed E-state index contributed by atoms with van der Waals surface area (Å²) in [6, 6.07) is 10.4. The number of benzene rings is 2. The van der Waals surface area contributed by atoms with Crippen LogP contribution in [0.1, 0.15) is 11.1 Å². The molecule has 2 heterocycles. The number of methoxy groups -OCH3 is 2. The van der Waals surface area contributed by atoms with Crippen molar-refractivity contribution in [3.63, 3.8) is 0 Å². The normalized spacial score (nSPS) is 20.8. The SMILES string of the molecule is COc1ccc(OC)c(N2C(SCC(=O)Nc3cccc(C)c3C)=N[C@H]3CS(=O)(=O)C[C@H]32)c1. The molecule has 1 saturated heterocycles. The summed E-state index contributed by atoms with van der Waals surface area (Å²) in [6.07, 6.45) is 0. The van der Waals surface area contributed by atoms with Gasteiger partial charge in [0, 0.05) is 11.8 Å². The molecule has 33 heavy (non-hydrogen) atoms. The third kappa shape index (κ3) is 4.81. The highest BCUT2D eigenvalue weighted by Gasteiger charge is 2.48. The minimum Gasteiger partial charge on any atom is -0.497 e. The molecule has 2 aliphatic heterocycles. The van der Waals surface area contributed by atoms with E-state index in [1.165, 1.54) is 11.8 Å². The van der Waals surface area contributed by atoms with E-state index in [1.54, 1.807) is 32.4 Å². The summed E-state index contributed by atoms with van der Waals surface area (Å²) in [4.78, 5) is 19.3. The Balaban J connectivity index is 1.58. The Morgan fingerprint density at radius 1 is 1.18 bits per heavy atom. The third-order valence-electron chi connectivity index (χ3n) is 5.96. The molecule has 2 aromatic carbocycles. The molecule has 1 fully saturated rings. The smallest absolute Gasteiger partial charge is 0.234 e. The van der Waals surface area contributed by atoms with Crippen molar-refractivity contribution < 1.29 is 22.7 Å². The van der Waals surface area contributed by atoms with Gasteiger partial charge in [0.25, 0.3) is 0 Å². The van der Waals surface area contributed by atoms with Gasteiger partial charge in [-0.1, -0.05) is 23.9 Å². The van der Waals surface area contributed by atoms with E-state index in [4.69, 9.17) is 14.5 Å². The molecule has 1 N–H and O–H groups in total. The number of amides is 1. The van der Waals surface area contributed by atoms with Gasteiger partial charge in [-0.25, -0.2) is 8.42 Å². The Bertz CT molecular complexity index is 1210. The summed E-state index contributed by atoms with van der Waals surface area (Å²) < 4.78 is 35.5. The Labute approximate surface area is 198 Å². The minimum atomic E-state index is -3.20. The molecule has 0 spiro atoms. The number of nitrogens with one attached hydrogen (secondary N) is 1. The van der Waals surface area contributed by atoms with Crippen LogP contribution in [0.2, 0.25) is 0 Å². The van der Waals surface area contributed by atoms with Crippen molar-refractivity contribution in [3.8, 4) is 11.5 Å². The summed E-state index contributed by atoms with van der Waals surface area (Å²) in [5.74, 6) is 1.18. The predicted octanol–water partition coefficient (Wildman–Crippen LogP) is 3.03. The first kappa shape index (κ1) is 23.4. The van der Waals surface area contributed by atoms with Crippen molar-refractivity contribution in [1.82, 2.24) is 0 Å². The second kappa shape index (κ2) is 9.26. The van der Waals surface area contributed by atoms with Crippen molar-refractivity contribution in [1.29, 1.82) is 0 Å². The number of carbonyl (C=O) groups excluding carboxylic acids is 1. The van der Waals surface area contributed by atoms with Crippen molar-refractivity contribution in [2.24, 2.45) is 4.99 Å². The number of aryl methyl sites for hydroxylation is 1. The van der Waals surface area contributed by atoms with Crippen LogP contribution >= 0.6 is 11.8 Å². The van der Waals surface area contributed by atoms with Crippen molar-refractivity contribution >= 4 is 44.0 Å². The quantitative estimate of drug-likeness (QED) is 0.666. The zero-order chi connectivity index (χ0) is 23.8. The van der Waals surface area contributed by atoms with Crippen molar-refractivity contribution in [2.75, 3.05) is 41.7 Å². The fourth-order valence-electron chi connectivity index (χ4n) is 4.10. The fourth-order valence-corrected chi connectivity index (χ4v) is 6.86. The van der Waals surface area contributed by atoms with Gasteiger partial charge in [0.1, 0.15) is 11.5 Å². The molecule has 0 saturated carbocycles. The molecule has 1 amide bonds. The molecule has 10 heteroatoms. The standard InChI is InChI=1S/C23H27N3O5S2/c1-14-6-5-7-17(15(14)2)24-22(27)11-32-23-25-18-12-33(28,29)13-20(18)26(23)19-10-16(30-3)8-9-21(19)31-4/h5-10,18,20H,11-13H2,1-4H3,(H,24,27)/t18-,20+/m0/s1. The molecule has 0 radical (unpaired) electrons. The number of ether oxygens (including phenoxy) is 2. The molecule has 4 rings (SSSR count). The number of anilines is 2. The first-order chi connectivity index (χ1) is 15.7. The second-order valence-corrected chi connectivity index (χ2v) is 11.2. The van der Waals surface area contributed by atoms with Crippen LogP contribution < -0.4 is 19.7 Å². The maximum Gasteiger partial charge on any atom is 0.234 e. The van der Waals surface area contributed by atoms with Crippen LogP contribution in [0, 0.1) is 13.8 Å². The maximum absolute atomic E-state index is 12.7. The van der Waals surface area contributed by atoms with E-state index < -0.39 is 9.84 Å². The Morgan fingerprint density at radius 2 is 1.97 bits per heavy atom. The van der Waals surface area contributed by atoms with Crippen LogP contribution in [0.25, 0.3) is 0 Å². The summed E-state index contributed by atoms with van der Waals surface area (Å²) >= 11 is 1.29. The van der Waals surface area contributed by atoms with Gasteiger partial charge in [-0.2, -0.15) is 0 Å². The van der Waals surface area contributed by atoms with Gasteiger partial charge < -0.3 is 19.7 Å². The molecule has 8 nitrogen and oxygen atoms in total. The van der Waals surface area contributed by atoms with Crippen LogP contribution in [0.3, 0.4) is 0 Å². The highest BCUT2D eigenvalue weighted by Crippen LogP contribution is 2.41. The van der Waals surface area contributed by atoms with Crippen molar-refractivity contribution in [3.05, 3.63) is 47.5 Å². The average Bonchev–Trinajstić information content (AvgIpc) is 3.25. The molecule has 0 unspecified atom stereocenters. The molecule has 0 aliphatic carbocycles. The molecular weight excluding hydrogens is 462 g/mol. The van der Waals surface area contributed by atoms with E-state index in [-0.39, 0.29) is 35.2 Å². The zero-order valence-corrected chi connectivity index (χ0v) is 20.6. The lowest BCUT2D eigenvalue weighted by Gasteiger charge is -2.28. The van der Waals surface area contributed by atoms with Crippen LogP contribution in [-0.4, -0.2) is 63.1 Å². The minimum absolute atomic E-state index is 0.000272. The first-order valence-corrected chi connectivity index (χ1v) is 13.3. The molecule has 0 bridgehead atoms. The number of rotatable bonds is 6. The van der Waals surface area contributed by atoms with Gasteiger partial charge in [0.05, 0.1) is 49.2 Å². The van der Waals surface area contributed by atoms with Gasteiger partial charge in [0.2, 0.25) is 5.91 Å². The second-order valence-electron chi connectivity index (χ2n) is 8.12. The molecular formula is C23H27N3O5S2. The van der Waals surface area contributed by atoms with Gasteiger partial charge in [-0.3, -0.25) is 9.79 Å². The van der Waals surface area contributed by atoms with E-state index >= 15 is 0 Å². The summed E-state index contributed by atoms with van der Waals surface area (Å²) in [6.45, 7) is 3.97. The fraction of sp³-hybridized carbons (Fsp3) is 0.391. The van der Waals surface area contributed by atoms with Crippen LogP contribution in [0.5, 0.6) is 11.5 Å². The highest BCUT2D eigenvalue weighted by atomic mass is 32.2. The maximum atomic E-state index is 12.7. The number of fused-ring (bicyclic) bond motifs is 1. The zero-order valence-electron chi connectivity index (χ0n) is 19.0. The van der Waals surface area contributed by atoms with Crippen molar-refractivity contribution in [2.45, 2.75) is 25.9 Å². The van der Waals surface area contributed by atoms with E-state index in [1.807, 2.05) is 36.9 Å². The number of sulfone groups is 1. The van der Waals surface area contributed by atoms with Crippen LogP contribution in [0.15, 0.2) is 41.4 Å². The van der Waals surface area contributed by atoms with E-state index in [0.717, 1.165) is 16.8 Å². The molecule has 2 atom stereocenters. The number of amidine groups is 1. The molecule has 176 valence electrons. The van der Waals surface area contributed by atoms with E-state index in [2.05, 4.69) is 5.32 Å². The van der Waals surface area contributed by atoms with E-state index in [0.29, 0.717) is 22.4 Å². The molecule has 0 aromatic heterocycles. The van der Waals surface area contributed by atoms with E-state index in [9.17, 15) is 13.2 Å². The summed E-state index contributed by atoms with van der Waals surface area (Å²) in [5, 5.41) is 3.56. The number of nitrogens with zero attached hydrogens (tertiary/aromatic N) is 2. The topological polar surface area (TPSA) is 97.3 Å². The third-order valence-corrected chi connectivity index (χ3v) is 8.63. The van der Waals surface area contributed by atoms with Gasteiger partial charge in [-0.05, 0) is 43.2 Å². The van der Waals surface area contributed by atoms with Gasteiger partial charge in [0.15, 0.2) is 15.0 Å². The van der Waals surface area contributed by atoms with Gasteiger partial charge >= 0.3 is 0 Å². The Kier molecular flexibility index (Phi) is 6.58. The Hall–Kier alpha value is -2.72. The first-order valence-electron chi connectivity index (χ1n) is 10.5. The lowest BCUT2D eigenvalue weighted by atomic mass is 10.1. The number of carbonyl (C=O) groups is 1. The molecule has 2 aliphatic rings. The summed E-state index contributed by atoms with van der Waals surface area (Å²) in [5.41, 5.74) is 3.58. The summed E-state index contributed by atoms with van der Waals surface area (Å²) in [7, 11) is -0.0647. The average molecular weight is 490 g/mol. The molecule has 2 aromatic rings. The number of hydrogen-bond donors (Lipinski definition) is 1. The number of thioether (sulfide) groups is 1.